The van der Waals surface area contributed by atoms with Gasteiger partial charge in [-0.3, -0.25) is 0 Å². The van der Waals surface area contributed by atoms with Crippen molar-refractivity contribution in [3.63, 3.8) is 0 Å². The summed E-state index contributed by atoms with van der Waals surface area (Å²) in [5.74, 6) is 1.01. The van der Waals surface area contributed by atoms with Crippen LogP contribution >= 0.6 is 0 Å². The molecule has 0 radical (unpaired) electrons. The second kappa shape index (κ2) is 2.13. The van der Waals surface area contributed by atoms with E-state index in [4.69, 9.17) is 14.7 Å². The standard InChI is InChI=1S/C7H4N2O2/c8-3-5-1-2-6-7(9-5)11-4-10-6/h1-2H,4H2. The summed E-state index contributed by atoms with van der Waals surface area (Å²) in [6.45, 7) is 0.192. The van der Waals surface area contributed by atoms with E-state index >= 15 is 0 Å². The van der Waals surface area contributed by atoms with Gasteiger partial charge in [0.15, 0.2) is 5.75 Å². The molecule has 11 heavy (non-hydrogen) atoms. The van der Waals surface area contributed by atoms with Gasteiger partial charge in [-0.05, 0) is 12.1 Å². The van der Waals surface area contributed by atoms with Crippen molar-refractivity contribution in [2.24, 2.45) is 0 Å². The van der Waals surface area contributed by atoms with E-state index in [1.807, 2.05) is 6.07 Å². The Balaban J connectivity index is 2.51. The molecule has 1 aromatic rings. The summed E-state index contributed by atoms with van der Waals surface area (Å²) in [5.41, 5.74) is 0.342. The van der Waals surface area contributed by atoms with Crippen LogP contribution in [-0.2, 0) is 0 Å². The SMILES string of the molecule is N#Cc1ccc2c(n1)OCO2. The summed E-state index contributed by atoms with van der Waals surface area (Å²) in [5, 5.41) is 8.46. The third kappa shape index (κ3) is 0.867. The highest BCUT2D eigenvalue weighted by Crippen LogP contribution is 2.28. The molecule has 54 valence electrons. The van der Waals surface area contributed by atoms with Crippen molar-refractivity contribution in [1.29, 1.82) is 5.26 Å². The Hall–Kier alpha value is -1.76. The zero-order valence-electron chi connectivity index (χ0n) is 5.57. The Kier molecular flexibility index (Phi) is 1.16. The Morgan fingerprint density at radius 2 is 2.36 bits per heavy atom. The van der Waals surface area contributed by atoms with E-state index in [9.17, 15) is 0 Å². The molecule has 1 aliphatic heterocycles. The fourth-order valence-corrected chi connectivity index (χ4v) is 0.852. The lowest BCUT2D eigenvalue weighted by molar-refractivity contribution is 0.171. The van der Waals surface area contributed by atoms with Crippen molar-refractivity contribution in [2.45, 2.75) is 0 Å². The predicted molar refractivity (Wildman–Crippen MR) is 35.1 cm³/mol. The van der Waals surface area contributed by atoms with Crippen molar-refractivity contribution in [2.75, 3.05) is 6.79 Å². The van der Waals surface area contributed by atoms with E-state index < -0.39 is 0 Å². The van der Waals surface area contributed by atoms with Crippen LogP contribution in [0.5, 0.6) is 11.6 Å². The smallest absolute Gasteiger partial charge is 0.261 e. The summed E-state index contributed by atoms with van der Waals surface area (Å²) in [6, 6.07) is 5.18. The summed E-state index contributed by atoms with van der Waals surface area (Å²) in [4.78, 5) is 3.86. The molecule has 0 saturated carbocycles. The molecule has 0 bridgehead atoms. The predicted octanol–water partition coefficient (Wildman–Crippen LogP) is 0.682. The van der Waals surface area contributed by atoms with Gasteiger partial charge >= 0.3 is 0 Å². The number of aromatic nitrogens is 1. The molecule has 1 aromatic heterocycles. The lowest BCUT2D eigenvalue weighted by Gasteiger charge is -1.92. The van der Waals surface area contributed by atoms with Crippen LogP contribution in [0, 0.1) is 11.3 Å². The van der Waals surface area contributed by atoms with Gasteiger partial charge in [0.05, 0.1) is 0 Å². The van der Waals surface area contributed by atoms with Crippen LogP contribution in [0.3, 0.4) is 0 Å². The molecule has 0 atom stereocenters. The molecule has 1 aliphatic rings. The molecular formula is C7H4N2O2. The Morgan fingerprint density at radius 3 is 3.18 bits per heavy atom. The van der Waals surface area contributed by atoms with E-state index in [-0.39, 0.29) is 6.79 Å². The largest absolute Gasteiger partial charge is 0.452 e. The van der Waals surface area contributed by atoms with Crippen LogP contribution < -0.4 is 9.47 Å². The average Bonchev–Trinajstić information content (AvgIpc) is 2.50. The Labute approximate surface area is 63.0 Å². The van der Waals surface area contributed by atoms with Crippen LogP contribution in [0.2, 0.25) is 0 Å². The highest BCUT2D eigenvalue weighted by molar-refractivity contribution is 5.39. The first kappa shape index (κ1) is 5.98. The third-order valence-electron chi connectivity index (χ3n) is 1.35. The van der Waals surface area contributed by atoms with Crippen LogP contribution in [-0.4, -0.2) is 11.8 Å². The molecule has 4 nitrogen and oxygen atoms in total. The number of fused-ring (bicyclic) bond motifs is 1. The number of rotatable bonds is 0. The van der Waals surface area contributed by atoms with Gasteiger partial charge in [-0.25, -0.2) is 0 Å². The van der Waals surface area contributed by atoms with Gasteiger partial charge < -0.3 is 9.47 Å². The topological polar surface area (TPSA) is 55.1 Å². The molecule has 0 saturated heterocycles. The third-order valence-corrected chi connectivity index (χ3v) is 1.35. The molecule has 0 spiro atoms. The highest BCUT2D eigenvalue weighted by atomic mass is 16.7. The molecule has 4 heteroatoms. The van der Waals surface area contributed by atoms with Crippen molar-refractivity contribution in [1.82, 2.24) is 4.98 Å². The molecule has 0 aromatic carbocycles. The second-order valence-corrected chi connectivity index (χ2v) is 2.02. The maximum absolute atomic E-state index is 8.46. The minimum absolute atomic E-state index is 0.192. The molecule has 0 N–H and O–H groups in total. The van der Waals surface area contributed by atoms with E-state index in [0.29, 0.717) is 17.3 Å². The number of hydrogen-bond donors (Lipinski definition) is 0. The van der Waals surface area contributed by atoms with Gasteiger partial charge in [-0.2, -0.15) is 10.2 Å². The summed E-state index contributed by atoms with van der Waals surface area (Å²) in [6.07, 6.45) is 0. The molecule has 2 heterocycles. The summed E-state index contributed by atoms with van der Waals surface area (Å²) >= 11 is 0. The molecular weight excluding hydrogens is 144 g/mol. The van der Waals surface area contributed by atoms with Gasteiger partial charge in [-0.1, -0.05) is 0 Å². The van der Waals surface area contributed by atoms with Gasteiger partial charge in [0.1, 0.15) is 11.8 Å². The zero-order chi connectivity index (χ0) is 7.68. The number of pyridine rings is 1. The Morgan fingerprint density at radius 1 is 1.45 bits per heavy atom. The number of nitriles is 1. The maximum atomic E-state index is 8.46. The lowest BCUT2D eigenvalue weighted by atomic mass is 10.3. The van der Waals surface area contributed by atoms with Crippen molar-refractivity contribution >= 4 is 0 Å². The molecule has 0 amide bonds. The fraction of sp³-hybridized carbons (Fsp3) is 0.143. The van der Waals surface area contributed by atoms with Crippen LogP contribution in [0.25, 0.3) is 0 Å². The number of nitrogens with zero attached hydrogens (tertiary/aromatic N) is 2. The van der Waals surface area contributed by atoms with Crippen molar-refractivity contribution in [3.05, 3.63) is 17.8 Å². The minimum atomic E-state index is 0.192. The normalized spacial score (nSPS) is 12.6. The van der Waals surface area contributed by atoms with E-state index in [2.05, 4.69) is 4.98 Å². The van der Waals surface area contributed by atoms with Gasteiger partial charge in [0.2, 0.25) is 6.79 Å². The van der Waals surface area contributed by atoms with Crippen molar-refractivity contribution in [3.8, 4) is 17.7 Å². The highest BCUT2D eigenvalue weighted by Gasteiger charge is 2.14. The van der Waals surface area contributed by atoms with Gasteiger partial charge in [0.25, 0.3) is 5.88 Å². The quantitative estimate of drug-likeness (QED) is 0.543. The van der Waals surface area contributed by atoms with Gasteiger partial charge in [-0.15, -0.1) is 0 Å². The zero-order valence-corrected chi connectivity index (χ0v) is 5.57. The summed E-state index contributed by atoms with van der Waals surface area (Å²) in [7, 11) is 0. The lowest BCUT2D eigenvalue weighted by Crippen LogP contribution is -1.93. The second-order valence-electron chi connectivity index (χ2n) is 2.02. The first-order chi connectivity index (χ1) is 5.40. The molecule has 0 fully saturated rings. The fourth-order valence-electron chi connectivity index (χ4n) is 0.852. The van der Waals surface area contributed by atoms with E-state index in [1.54, 1.807) is 12.1 Å². The van der Waals surface area contributed by atoms with Gasteiger partial charge in [0, 0.05) is 0 Å². The van der Waals surface area contributed by atoms with Crippen LogP contribution in [0.15, 0.2) is 12.1 Å². The van der Waals surface area contributed by atoms with E-state index in [0.717, 1.165) is 0 Å². The number of ether oxygens (including phenoxy) is 2. The first-order valence-electron chi connectivity index (χ1n) is 3.07. The van der Waals surface area contributed by atoms with Crippen LogP contribution in [0.4, 0.5) is 0 Å². The summed E-state index contributed by atoms with van der Waals surface area (Å²) < 4.78 is 9.96. The maximum Gasteiger partial charge on any atom is 0.261 e. The molecule has 0 aliphatic carbocycles. The van der Waals surface area contributed by atoms with Crippen LogP contribution in [0.1, 0.15) is 5.69 Å². The average molecular weight is 148 g/mol. The first-order valence-corrected chi connectivity index (χ1v) is 3.07. The minimum Gasteiger partial charge on any atom is -0.452 e. The monoisotopic (exact) mass is 148 g/mol. The van der Waals surface area contributed by atoms with Crippen molar-refractivity contribution < 1.29 is 9.47 Å². The number of hydrogen-bond acceptors (Lipinski definition) is 4. The Bertz CT molecular complexity index is 330. The molecule has 2 rings (SSSR count). The molecule has 0 unspecified atom stereocenters. The van der Waals surface area contributed by atoms with E-state index in [1.165, 1.54) is 0 Å².